The van der Waals surface area contributed by atoms with Crippen molar-refractivity contribution >= 4 is 23.3 Å². The van der Waals surface area contributed by atoms with Crippen LogP contribution in [0.1, 0.15) is 23.7 Å². The fourth-order valence-corrected chi connectivity index (χ4v) is 3.03. The average molecular weight is 385 g/mol. The summed E-state index contributed by atoms with van der Waals surface area (Å²) >= 11 is 0. The van der Waals surface area contributed by atoms with Gasteiger partial charge in [-0.1, -0.05) is 12.1 Å². The summed E-state index contributed by atoms with van der Waals surface area (Å²) in [7, 11) is 0. The Labute approximate surface area is 161 Å². The normalized spacial score (nSPS) is 16.1. The summed E-state index contributed by atoms with van der Waals surface area (Å²) < 4.78 is 23.6. The summed E-state index contributed by atoms with van der Waals surface area (Å²) in [5.41, 5.74) is 0.857. The zero-order valence-electron chi connectivity index (χ0n) is 15.4. The van der Waals surface area contributed by atoms with Crippen LogP contribution in [0.2, 0.25) is 0 Å². The molecule has 1 aliphatic heterocycles. The van der Waals surface area contributed by atoms with E-state index in [0.29, 0.717) is 18.0 Å². The van der Waals surface area contributed by atoms with Gasteiger partial charge in [-0.25, -0.2) is 4.39 Å². The van der Waals surface area contributed by atoms with Crippen molar-refractivity contribution in [2.75, 3.05) is 24.7 Å². The van der Waals surface area contributed by atoms with Crippen molar-refractivity contribution in [1.29, 1.82) is 0 Å². The Kier molecular flexibility index (Phi) is 6.03. The molecule has 1 atom stereocenters. The molecule has 28 heavy (non-hydrogen) atoms. The third-order valence-corrected chi connectivity index (χ3v) is 4.43. The first-order valence-electron chi connectivity index (χ1n) is 8.97. The number of benzene rings is 2. The molecule has 1 fully saturated rings. The van der Waals surface area contributed by atoms with Crippen molar-refractivity contribution in [2.24, 2.45) is 5.92 Å². The van der Waals surface area contributed by atoms with Crippen molar-refractivity contribution in [1.82, 2.24) is 0 Å². The minimum absolute atomic E-state index is 0.00400. The third kappa shape index (κ3) is 4.36. The molecule has 1 aliphatic rings. The second-order valence-corrected chi connectivity index (χ2v) is 6.34. The molecule has 0 radical (unpaired) electrons. The highest BCUT2D eigenvalue weighted by Gasteiger charge is 2.37. The Morgan fingerprint density at radius 1 is 1.14 bits per heavy atom. The molecule has 7 heteroatoms. The monoisotopic (exact) mass is 385 g/mol. The van der Waals surface area contributed by atoms with E-state index in [-0.39, 0.29) is 24.4 Å². The maximum absolute atomic E-state index is 12.9. The van der Waals surface area contributed by atoms with Gasteiger partial charge in [0.2, 0.25) is 5.91 Å². The lowest BCUT2D eigenvalue weighted by atomic mass is 10.1. The number of hydrogen-bond donors (Lipinski definition) is 0. The van der Waals surface area contributed by atoms with Crippen molar-refractivity contribution in [3.63, 3.8) is 0 Å². The number of carbonyl (C=O) groups is 3. The summed E-state index contributed by atoms with van der Waals surface area (Å²) in [5.74, 6) is -1.80. The number of rotatable bonds is 7. The molecular formula is C21H20FNO5. The van der Waals surface area contributed by atoms with Gasteiger partial charge in [0.05, 0.1) is 18.2 Å². The highest BCUT2D eigenvalue weighted by atomic mass is 19.1. The quantitative estimate of drug-likeness (QED) is 0.541. The first kappa shape index (κ1) is 19.5. The van der Waals surface area contributed by atoms with Gasteiger partial charge in [-0.2, -0.15) is 0 Å². The summed E-state index contributed by atoms with van der Waals surface area (Å²) in [6, 6.07) is 12.1. The highest BCUT2D eigenvalue weighted by molar-refractivity contribution is 6.01. The second-order valence-electron chi connectivity index (χ2n) is 6.34. The molecule has 0 saturated carbocycles. The van der Waals surface area contributed by atoms with Crippen LogP contribution < -0.4 is 9.64 Å². The summed E-state index contributed by atoms with van der Waals surface area (Å²) in [4.78, 5) is 38.3. The zero-order valence-corrected chi connectivity index (χ0v) is 15.4. The van der Waals surface area contributed by atoms with Gasteiger partial charge in [0, 0.05) is 18.5 Å². The first-order valence-corrected chi connectivity index (χ1v) is 8.97. The fraction of sp³-hybridized carbons (Fsp3) is 0.286. The van der Waals surface area contributed by atoms with Gasteiger partial charge in [0.1, 0.15) is 11.6 Å². The Hall–Kier alpha value is -3.22. The fourth-order valence-electron chi connectivity index (χ4n) is 3.03. The van der Waals surface area contributed by atoms with E-state index in [2.05, 4.69) is 0 Å². The van der Waals surface area contributed by atoms with E-state index < -0.39 is 30.1 Å². The van der Waals surface area contributed by atoms with Gasteiger partial charge in [-0.3, -0.25) is 14.4 Å². The van der Waals surface area contributed by atoms with E-state index in [1.54, 1.807) is 18.2 Å². The lowest BCUT2D eigenvalue weighted by Gasteiger charge is -2.19. The van der Waals surface area contributed by atoms with E-state index in [0.717, 1.165) is 0 Å². The van der Waals surface area contributed by atoms with Crippen molar-refractivity contribution in [3.8, 4) is 5.75 Å². The SMILES string of the molecule is CCOc1ccccc1N1C[C@H](C(=O)OCC(=O)c2ccc(F)cc2)CC1=O. The molecule has 0 aromatic heterocycles. The molecule has 0 bridgehead atoms. The van der Waals surface area contributed by atoms with Crippen LogP contribution in [0.15, 0.2) is 48.5 Å². The molecule has 1 amide bonds. The number of hydrogen-bond acceptors (Lipinski definition) is 5. The number of anilines is 1. The van der Waals surface area contributed by atoms with Gasteiger partial charge < -0.3 is 14.4 Å². The minimum Gasteiger partial charge on any atom is -0.492 e. The lowest BCUT2D eigenvalue weighted by molar-refractivity contribution is -0.147. The van der Waals surface area contributed by atoms with Gasteiger partial charge in [0.15, 0.2) is 12.4 Å². The van der Waals surface area contributed by atoms with E-state index in [4.69, 9.17) is 9.47 Å². The van der Waals surface area contributed by atoms with Crippen molar-refractivity contribution < 1.29 is 28.2 Å². The molecule has 0 spiro atoms. The summed E-state index contributed by atoms with van der Waals surface area (Å²) in [6.45, 7) is 2.01. The molecule has 146 valence electrons. The zero-order chi connectivity index (χ0) is 20.1. The molecular weight excluding hydrogens is 365 g/mol. The molecule has 1 saturated heterocycles. The Morgan fingerprint density at radius 2 is 1.86 bits per heavy atom. The van der Waals surface area contributed by atoms with Crippen LogP contribution >= 0.6 is 0 Å². The number of ketones is 1. The van der Waals surface area contributed by atoms with Crippen LogP contribution in [0, 0.1) is 11.7 Å². The Morgan fingerprint density at radius 3 is 2.57 bits per heavy atom. The summed E-state index contributed by atoms with van der Waals surface area (Å²) in [6.07, 6.45) is 0.00400. The number of para-hydroxylation sites is 2. The van der Waals surface area contributed by atoms with Crippen LogP contribution in [0.5, 0.6) is 5.75 Å². The standard InChI is InChI=1S/C21H20FNO5/c1-2-27-19-6-4-3-5-17(19)23-12-15(11-20(23)25)21(26)28-13-18(24)14-7-9-16(22)10-8-14/h3-10,15H,2,11-13H2,1H3/t15-/m1/s1. The molecule has 0 N–H and O–H groups in total. The molecule has 2 aromatic carbocycles. The molecule has 6 nitrogen and oxygen atoms in total. The van der Waals surface area contributed by atoms with Crippen molar-refractivity contribution in [3.05, 3.63) is 59.9 Å². The van der Waals surface area contributed by atoms with Crippen LogP contribution in [0.4, 0.5) is 10.1 Å². The van der Waals surface area contributed by atoms with Crippen LogP contribution in [0.3, 0.4) is 0 Å². The topological polar surface area (TPSA) is 72.9 Å². The number of carbonyl (C=O) groups excluding carboxylic acids is 3. The molecule has 1 heterocycles. The number of amides is 1. The van der Waals surface area contributed by atoms with Crippen LogP contribution in [-0.2, 0) is 14.3 Å². The van der Waals surface area contributed by atoms with Crippen LogP contribution in [0.25, 0.3) is 0 Å². The van der Waals surface area contributed by atoms with Gasteiger partial charge in [-0.05, 0) is 43.3 Å². The van der Waals surface area contributed by atoms with Crippen molar-refractivity contribution in [2.45, 2.75) is 13.3 Å². The van der Waals surface area contributed by atoms with Gasteiger partial charge >= 0.3 is 5.97 Å². The predicted octanol–water partition coefficient (Wildman–Crippen LogP) is 3.00. The molecule has 0 unspecified atom stereocenters. The number of esters is 1. The van der Waals surface area contributed by atoms with E-state index >= 15 is 0 Å². The van der Waals surface area contributed by atoms with Gasteiger partial charge in [0.25, 0.3) is 0 Å². The molecule has 3 rings (SSSR count). The Balaban J connectivity index is 1.61. The average Bonchev–Trinajstić information content (AvgIpc) is 3.09. The smallest absolute Gasteiger partial charge is 0.311 e. The summed E-state index contributed by atoms with van der Waals surface area (Å²) in [5, 5.41) is 0. The largest absolute Gasteiger partial charge is 0.492 e. The number of ether oxygens (including phenoxy) is 2. The highest BCUT2D eigenvalue weighted by Crippen LogP contribution is 2.33. The maximum atomic E-state index is 12.9. The lowest BCUT2D eigenvalue weighted by Crippen LogP contribution is -2.27. The molecule has 0 aliphatic carbocycles. The third-order valence-electron chi connectivity index (χ3n) is 4.43. The van der Waals surface area contributed by atoms with E-state index in [1.807, 2.05) is 13.0 Å². The van der Waals surface area contributed by atoms with E-state index in [1.165, 1.54) is 29.2 Å². The molecule has 2 aromatic rings. The van der Waals surface area contributed by atoms with Gasteiger partial charge in [-0.15, -0.1) is 0 Å². The number of nitrogens with zero attached hydrogens (tertiary/aromatic N) is 1. The first-order chi connectivity index (χ1) is 13.5. The number of halogens is 1. The predicted molar refractivity (Wildman–Crippen MR) is 99.8 cm³/mol. The Bertz CT molecular complexity index is 881. The maximum Gasteiger partial charge on any atom is 0.311 e. The number of Topliss-reactive ketones (excluding diaryl/α,β-unsaturated/α-hetero) is 1. The minimum atomic E-state index is -0.664. The second kappa shape index (κ2) is 8.65. The van der Waals surface area contributed by atoms with Crippen LogP contribution in [-0.4, -0.2) is 37.4 Å². The van der Waals surface area contributed by atoms with E-state index in [9.17, 15) is 18.8 Å².